The lowest BCUT2D eigenvalue weighted by atomic mass is 9.81. The monoisotopic (exact) mass is 245 g/mol. The average Bonchev–Trinajstić information content (AvgIpc) is 2.56. The van der Waals surface area contributed by atoms with Crippen LogP contribution in [0.2, 0.25) is 0 Å². The van der Waals surface area contributed by atoms with Crippen molar-refractivity contribution in [1.82, 2.24) is 0 Å². The van der Waals surface area contributed by atoms with Crippen LogP contribution in [0, 0.1) is 16.7 Å². The van der Waals surface area contributed by atoms with E-state index >= 15 is 0 Å². The molecule has 0 saturated carbocycles. The van der Waals surface area contributed by atoms with Crippen molar-refractivity contribution < 1.29 is 13.5 Å². The smallest absolute Gasteiger partial charge is 0.152 e. The van der Waals surface area contributed by atoms with E-state index in [2.05, 4.69) is 6.92 Å². The summed E-state index contributed by atoms with van der Waals surface area (Å²) in [6, 6.07) is 2.03. The van der Waals surface area contributed by atoms with Crippen LogP contribution in [0.15, 0.2) is 0 Å². The fourth-order valence-corrected chi connectivity index (χ4v) is 4.17. The van der Waals surface area contributed by atoms with Crippen molar-refractivity contribution in [2.24, 2.45) is 5.41 Å². The Bertz CT molecular complexity index is 371. The normalized spacial score (nSPS) is 29.8. The van der Waals surface area contributed by atoms with E-state index in [1.807, 2.05) is 6.07 Å². The Morgan fingerprint density at radius 3 is 2.62 bits per heavy atom. The van der Waals surface area contributed by atoms with Gasteiger partial charge in [0, 0.05) is 0 Å². The van der Waals surface area contributed by atoms with Gasteiger partial charge in [0.25, 0.3) is 0 Å². The SMILES string of the molecule is CCCCCC(O)C1(C#N)CCS(=O)(=O)C1. The summed E-state index contributed by atoms with van der Waals surface area (Å²) in [7, 11) is -3.12. The zero-order valence-electron chi connectivity index (χ0n) is 9.65. The van der Waals surface area contributed by atoms with Gasteiger partial charge in [-0.1, -0.05) is 26.2 Å². The summed E-state index contributed by atoms with van der Waals surface area (Å²) in [5.41, 5.74) is -1.05. The van der Waals surface area contributed by atoms with Gasteiger partial charge in [-0.15, -0.1) is 0 Å². The summed E-state index contributed by atoms with van der Waals surface area (Å²) in [4.78, 5) is 0. The highest BCUT2D eigenvalue weighted by Crippen LogP contribution is 2.37. The molecule has 0 radical (unpaired) electrons. The van der Waals surface area contributed by atoms with Crippen LogP contribution in [-0.4, -0.2) is 31.1 Å². The molecule has 1 aliphatic heterocycles. The second-order valence-corrected chi connectivity index (χ2v) is 6.81. The minimum atomic E-state index is -3.12. The maximum Gasteiger partial charge on any atom is 0.152 e. The number of nitrogens with zero attached hydrogens (tertiary/aromatic N) is 1. The van der Waals surface area contributed by atoms with Gasteiger partial charge in [-0.25, -0.2) is 8.42 Å². The molecule has 1 saturated heterocycles. The Hall–Kier alpha value is -0.600. The van der Waals surface area contributed by atoms with Crippen LogP contribution in [0.4, 0.5) is 0 Å². The highest BCUT2D eigenvalue weighted by atomic mass is 32.2. The minimum Gasteiger partial charge on any atom is -0.391 e. The summed E-state index contributed by atoms with van der Waals surface area (Å²) in [6.45, 7) is 2.06. The van der Waals surface area contributed by atoms with E-state index in [-0.39, 0.29) is 17.9 Å². The molecule has 1 rings (SSSR count). The molecule has 1 heterocycles. The molecule has 1 N–H and O–H groups in total. The van der Waals surface area contributed by atoms with Crippen molar-refractivity contribution in [1.29, 1.82) is 5.26 Å². The van der Waals surface area contributed by atoms with Crippen molar-refractivity contribution in [2.45, 2.75) is 45.1 Å². The van der Waals surface area contributed by atoms with Crippen molar-refractivity contribution in [3.63, 3.8) is 0 Å². The van der Waals surface area contributed by atoms with Crippen LogP contribution in [0.1, 0.15) is 39.0 Å². The Kier molecular flexibility index (Phi) is 4.34. The third kappa shape index (κ3) is 2.96. The lowest BCUT2D eigenvalue weighted by molar-refractivity contribution is 0.0691. The first-order valence-corrected chi connectivity index (χ1v) is 7.57. The van der Waals surface area contributed by atoms with Crippen LogP contribution < -0.4 is 0 Å². The second kappa shape index (κ2) is 5.15. The molecule has 16 heavy (non-hydrogen) atoms. The molecule has 0 aliphatic carbocycles. The zero-order valence-corrected chi connectivity index (χ0v) is 10.5. The fraction of sp³-hybridized carbons (Fsp3) is 0.909. The van der Waals surface area contributed by atoms with E-state index in [9.17, 15) is 13.5 Å². The standard InChI is InChI=1S/C11H19NO3S/c1-2-3-4-5-10(13)11(8-12)6-7-16(14,15)9-11/h10,13H,2-7,9H2,1H3. The molecule has 0 aromatic heterocycles. The molecule has 2 unspecified atom stereocenters. The maximum absolute atomic E-state index is 11.4. The number of aliphatic hydroxyl groups is 1. The zero-order chi connectivity index (χ0) is 12.2. The molecule has 0 amide bonds. The molecule has 1 aliphatic rings. The molecular weight excluding hydrogens is 226 g/mol. The molecule has 0 bridgehead atoms. The van der Waals surface area contributed by atoms with Gasteiger partial charge in [-0.3, -0.25) is 0 Å². The van der Waals surface area contributed by atoms with Crippen LogP contribution in [0.3, 0.4) is 0 Å². The quantitative estimate of drug-likeness (QED) is 0.739. The summed E-state index contributed by atoms with van der Waals surface area (Å²) in [6.07, 6.45) is 2.90. The van der Waals surface area contributed by atoms with E-state index in [0.29, 0.717) is 6.42 Å². The summed E-state index contributed by atoms with van der Waals surface area (Å²) in [5, 5.41) is 19.1. The Labute approximate surface area is 97.2 Å². The van der Waals surface area contributed by atoms with Gasteiger partial charge in [0.2, 0.25) is 0 Å². The Morgan fingerprint density at radius 2 is 2.19 bits per heavy atom. The number of hydrogen-bond donors (Lipinski definition) is 1. The van der Waals surface area contributed by atoms with Gasteiger partial charge in [-0.05, 0) is 12.8 Å². The molecule has 0 aromatic rings. The number of hydrogen-bond acceptors (Lipinski definition) is 4. The largest absolute Gasteiger partial charge is 0.391 e. The van der Waals surface area contributed by atoms with Gasteiger partial charge in [0.15, 0.2) is 9.84 Å². The molecule has 5 heteroatoms. The molecular formula is C11H19NO3S. The average molecular weight is 245 g/mol. The van der Waals surface area contributed by atoms with Crippen molar-refractivity contribution in [2.75, 3.05) is 11.5 Å². The van der Waals surface area contributed by atoms with E-state index in [4.69, 9.17) is 5.26 Å². The lowest BCUT2D eigenvalue weighted by Gasteiger charge is -2.25. The number of unbranched alkanes of at least 4 members (excludes halogenated alkanes) is 2. The summed E-state index contributed by atoms with van der Waals surface area (Å²) < 4.78 is 22.8. The fourth-order valence-electron chi connectivity index (χ4n) is 2.16. The third-order valence-corrected chi connectivity index (χ3v) is 5.06. The van der Waals surface area contributed by atoms with Gasteiger partial charge in [0.05, 0.1) is 29.1 Å². The molecule has 92 valence electrons. The highest BCUT2D eigenvalue weighted by molar-refractivity contribution is 7.91. The Balaban J connectivity index is 2.65. The van der Waals surface area contributed by atoms with E-state index in [0.717, 1.165) is 19.3 Å². The molecule has 4 nitrogen and oxygen atoms in total. The number of rotatable bonds is 5. The minimum absolute atomic E-state index is 0.0331. The van der Waals surface area contributed by atoms with Crippen LogP contribution in [0.5, 0.6) is 0 Å². The first-order chi connectivity index (χ1) is 7.46. The third-order valence-electron chi connectivity index (χ3n) is 3.28. The van der Waals surface area contributed by atoms with E-state index < -0.39 is 21.4 Å². The van der Waals surface area contributed by atoms with Gasteiger partial charge in [0.1, 0.15) is 0 Å². The topological polar surface area (TPSA) is 78.2 Å². The molecule has 0 aromatic carbocycles. The van der Waals surface area contributed by atoms with Crippen molar-refractivity contribution in [3.8, 4) is 6.07 Å². The van der Waals surface area contributed by atoms with Crippen LogP contribution >= 0.6 is 0 Å². The first kappa shape index (κ1) is 13.5. The summed E-state index contributed by atoms with van der Waals surface area (Å²) in [5.74, 6) is -0.144. The van der Waals surface area contributed by atoms with Crippen molar-refractivity contribution in [3.05, 3.63) is 0 Å². The van der Waals surface area contributed by atoms with Crippen LogP contribution in [-0.2, 0) is 9.84 Å². The molecule has 0 spiro atoms. The highest BCUT2D eigenvalue weighted by Gasteiger charge is 2.47. The number of nitriles is 1. The van der Waals surface area contributed by atoms with E-state index in [1.165, 1.54) is 0 Å². The van der Waals surface area contributed by atoms with Crippen molar-refractivity contribution >= 4 is 9.84 Å². The number of sulfone groups is 1. The number of aliphatic hydroxyl groups excluding tert-OH is 1. The molecule has 2 atom stereocenters. The second-order valence-electron chi connectivity index (χ2n) is 4.62. The summed E-state index contributed by atoms with van der Waals surface area (Å²) >= 11 is 0. The maximum atomic E-state index is 11.4. The lowest BCUT2D eigenvalue weighted by Crippen LogP contribution is -2.35. The predicted molar refractivity (Wildman–Crippen MR) is 61.5 cm³/mol. The Morgan fingerprint density at radius 1 is 1.50 bits per heavy atom. The van der Waals surface area contributed by atoms with Gasteiger partial charge in [-0.2, -0.15) is 5.26 Å². The van der Waals surface area contributed by atoms with Crippen LogP contribution in [0.25, 0.3) is 0 Å². The van der Waals surface area contributed by atoms with Gasteiger partial charge >= 0.3 is 0 Å². The predicted octanol–water partition coefficient (Wildman–Crippen LogP) is 1.26. The van der Waals surface area contributed by atoms with E-state index in [1.54, 1.807) is 0 Å². The van der Waals surface area contributed by atoms with Gasteiger partial charge < -0.3 is 5.11 Å². The molecule has 1 fully saturated rings. The first-order valence-electron chi connectivity index (χ1n) is 5.75.